The Morgan fingerprint density at radius 1 is 1.10 bits per heavy atom. The van der Waals surface area contributed by atoms with Crippen molar-refractivity contribution in [1.29, 1.82) is 5.26 Å². The summed E-state index contributed by atoms with van der Waals surface area (Å²) in [5.74, 6) is 1.50. The van der Waals surface area contributed by atoms with Gasteiger partial charge in [-0.15, -0.1) is 0 Å². The molecule has 0 radical (unpaired) electrons. The Balaban J connectivity index is 1.32. The first-order valence-corrected chi connectivity index (χ1v) is 13.3. The van der Waals surface area contributed by atoms with E-state index in [0.717, 1.165) is 24.2 Å². The number of nitrogens with zero attached hydrogens (tertiary/aromatic N) is 6. The third-order valence-corrected chi connectivity index (χ3v) is 6.85. The molecule has 11 heteroatoms. The van der Waals surface area contributed by atoms with Gasteiger partial charge in [0.2, 0.25) is 11.8 Å². The first kappa shape index (κ1) is 26.6. The molecule has 1 saturated heterocycles. The van der Waals surface area contributed by atoms with Crippen molar-refractivity contribution < 1.29 is 14.3 Å². The summed E-state index contributed by atoms with van der Waals surface area (Å²) in [6, 6.07) is 19.0. The molecule has 0 spiro atoms. The number of aromatic nitrogens is 4. The molecule has 2 aromatic carbocycles. The number of carbonyl (C=O) groups is 2. The second-order valence-corrected chi connectivity index (χ2v) is 9.61. The molecule has 204 valence electrons. The zero-order valence-electron chi connectivity index (χ0n) is 22.0. The van der Waals surface area contributed by atoms with Gasteiger partial charge in [0.15, 0.2) is 5.65 Å². The number of anilines is 1. The van der Waals surface area contributed by atoms with Crippen molar-refractivity contribution in [1.82, 2.24) is 30.0 Å². The van der Waals surface area contributed by atoms with Gasteiger partial charge in [0.05, 0.1) is 17.5 Å². The Morgan fingerprint density at radius 2 is 1.88 bits per heavy atom. The fourth-order valence-electron chi connectivity index (χ4n) is 4.90. The van der Waals surface area contributed by atoms with Crippen molar-refractivity contribution >= 4 is 28.7 Å². The maximum atomic E-state index is 12.9. The monoisotopic (exact) mass is 538 g/mol. The number of para-hydroxylation sites is 1. The summed E-state index contributed by atoms with van der Waals surface area (Å²) in [4.78, 5) is 35.0. The van der Waals surface area contributed by atoms with Crippen LogP contribution in [0, 0.1) is 11.3 Å². The van der Waals surface area contributed by atoms with Crippen LogP contribution in [0.3, 0.4) is 0 Å². The highest BCUT2D eigenvalue weighted by atomic mass is 16.5. The maximum absolute atomic E-state index is 12.9. The highest BCUT2D eigenvalue weighted by molar-refractivity contribution is 5.98. The molecule has 1 atom stereocenters. The number of hydrogen-bond acceptors (Lipinski definition) is 8. The predicted octanol–water partition coefficient (Wildman–Crippen LogP) is 3.84. The Labute approximate surface area is 231 Å². The number of amides is 2. The molecule has 2 amide bonds. The first-order valence-electron chi connectivity index (χ1n) is 13.3. The molecule has 0 saturated carbocycles. The smallest absolute Gasteiger partial charge is 0.234 e. The van der Waals surface area contributed by atoms with Crippen LogP contribution < -0.4 is 15.8 Å². The molecule has 5 rings (SSSR count). The standard InChI is InChI=1S/C29H30N8O3/c30-15-14-24(38)32-16-4-9-25(39)36-17-5-6-21(18-36)37-29-26(28(31)33-19-34-29)27(35-37)20-10-12-23(13-11-20)40-22-7-2-1-3-8-22/h1-3,7-8,10-13,19,21H,4-6,9,14,16-18H2,(H,32,38)(H2,31,33,34)/t21-/m0/s1. The lowest BCUT2D eigenvalue weighted by Gasteiger charge is -2.33. The van der Waals surface area contributed by atoms with Crippen molar-refractivity contribution in [2.24, 2.45) is 0 Å². The minimum atomic E-state index is -0.325. The van der Waals surface area contributed by atoms with E-state index < -0.39 is 0 Å². The van der Waals surface area contributed by atoms with Gasteiger partial charge < -0.3 is 20.7 Å². The number of rotatable bonds is 9. The molecule has 40 heavy (non-hydrogen) atoms. The molecule has 0 bridgehead atoms. The largest absolute Gasteiger partial charge is 0.457 e. The second kappa shape index (κ2) is 12.3. The number of nitrogen functional groups attached to an aromatic ring is 1. The summed E-state index contributed by atoms with van der Waals surface area (Å²) in [6.45, 7) is 1.54. The van der Waals surface area contributed by atoms with E-state index in [-0.39, 0.29) is 24.3 Å². The summed E-state index contributed by atoms with van der Waals surface area (Å²) < 4.78 is 7.80. The van der Waals surface area contributed by atoms with Gasteiger partial charge in [0.25, 0.3) is 0 Å². The molecule has 3 heterocycles. The molecule has 1 aliphatic rings. The van der Waals surface area contributed by atoms with Crippen LogP contribution in [0.15, 0.2) is 60.9 Å². The fourth-order valence-corrected chi connectivity index (χ4v) is 4.90. The molecular weight excluding hydrogens is 508 g/mol. The Kier molecular flexibility index (Phi) is 8.15. The van der Waals surface area contributed by atoms with Crippen LogP contribution >= 0.6 is 0 Å². The van der Waals surface area contributed by atoms with E-state index in [0.29, 0.717) is 60.8 Å². The van der Waals surface area contributed by atoms with Gasteiger partial charge in [-0.1, -0.05) is 18.2 Å². The third-order valence-electron chi connectivity index (χ3n) is 6.85. The molecule has 11 nitrogen and oxygen atoms in total. The Hall–Kier alpha value is -4.98. The van der Waals surface area contributed by atoms with Crippen molar-refractivity contribution in [2.75, 3.05) is 25.4 Å². The lowest BCUT2D eigenvalue weighted by molar-refractivity contribution is -0.133. The molecular formula is C29H30N8O3. The number of fused-ring (bicyclic) bond motifs is 1. The fraction of sp³-hybridized carbons (Fsp3) is 0.310. The van der Waals surface area contributed by atoms with Crippen molar-refractivity contribution in [3.8, 4) is 28.8 Å². The van der Waals surface area contributed by atoms with E-state index in [9.17, 15) is 9.59 Å². The number of benzene rings is 2. The van der Waals surface area contributed by atoms with Gasteiger partial charge in [-0.2, -0.15) is 10.4 Å². The van der Waals surface area contributed by atoms with Crippen LogP contribution in [-0.4, -0.2) is 56.1 Å². The number of piperidine rings is 1. The van der Waals surface area contributed by atoms with Gasteiger partial charge in [-0.25, -0.2) is 14.6 Å². The number of hydrogen-bond donors (Lipinski definition) is 2. The second-order valence-electron chi connectivity index (χ2n) is 9.61. The van der Waals surface area contributed by atoms with Crippen LogP contribution in [-0.2, 0) is 9.59 Å². The number of nitrogens with two attached hydrogens (primary N) is 1. The molecule has 0 aliphatic carbocycles. The molecule has 4 aromatic rings. The lowest BCUT2D eigenvalue weighted by atomic mass is 10.1. The minimum absolute atomic E-state index is 0.0269. The average Bonchev–Trinajstić information content (AvgIpc) is 3.37. The number of nitriles is 1. The van der Waals surface area contributed by atoms with E-state index in [1.807, 2.05) is 70.2 Å². The number of nitrogens with one attached hydrogen (secondary N) is 1. The molecule has 1 aliphatic heterocycles. The summed E-state index contributed by atoms with van der Waals surface area (Å²) in [7, 11) is 0. The molecule has 1 fully saturated rings. The zero-order valence-corrected chi connectivity index (χ0v) is 22.0. The van der Waals surface area contributed by atoms with Crippen molar-refractivity contribution in [2.45, 2.75) is 38.1 Å². The van der Waals surface area contributed by atoms with E-state index in [2.05, 4.69) is 15.3 Å². The van der Waals surface area contributed by atoms with Gasteiger partial charge in [-0.05, 0) is 55.7 Å². The SMILES string of the molecule is N#CCC(=O)NCCCC(=O)N1CCC[C@H](n2nc(-c3ccc(Oc4ccccc4)cc3)c3c(N)ncnc32)C1. The third kappa shape index (κ3) is 6.02. The van der Waals surface area contributed by atoms with E-state index in [4.69, 9.17) is 20.8 Å². The van der Waals surface area contributed by atoms with Gasteiger partial charge >= 0.3 is 0 Å². The van der Waals surface area contributed by atoms with Gasteiger partial charge in [-0.3, -0.25) is 9.59 Å². The van der Waals surface area contributed by atoms with Crippen molar-refractivity contribution in [3.63, 3.8) is 0 Å². The molecule has 3 N–H and O–H groups in total. The maximum Gasteiger partial charge on any atom is 0.234 e. The molecule has 2 aromatic heterocycles. The van der Waals surface area contributed by atoms with E-state index in [1.54, 1.807) is 0 Å². The summed E-state index contributed by atoms with van der Waals surface area (Å²) >= 11 is 0. The number of ether oxygens (including phenoxy) is 1. The van der Waals surface area contributed by atoms with Crippen LogP contribution in [0.2, 0.25) is 0 Å². The quantitative estimate of drug-likeness (QED) is 0.305. The number of carbonyl (C=O) groups excluding carboxylic acids is 2. The lowest BCUT2D eigenvalue weighted by Crippen LogP contribution is -2.41. The summed E-state index contributed by atoms with van der Waals surface area (Å²) in [6.07, 6.45) is 3.76. The zero-order chi connectivity index (χ0) is 27.9. The summed E-state index contributed by atoms with van der Waals surface area (Å²) in [5, 5.41) is 16.9. The normalized spacial score (nSPS) is 15.0. The Bertz CT molecular complexity index is 1530. The van der Waals surface area contributed by atoms with Crippen LogP contribution in [0.25, 0.3) is 22.3 Å². The predicted molar refractivity (Wildman–Crippen MR) is 149 cm³/mol. The van der Waals surface area contributed by atoms with Crippen LogP contribution in [0.4, 0.5) is 5.82 Å². The minimum Gasteiger partial charge on any atom is -0.457 e. The topological polar surface area (TPSA) is 152 Å². The highest BCUT2D eigenvalue weighted by Crippen LogP contribution is 2.35. The molecule has 0 unspecified atom stereocenters. The number of likely N-dealkylation sites (tertiary alicyclic amines) is 1. The summed E-state index contributed by atoms with van der Waals surface area (Å²) in [5.41, 5.74) is 8.47. The van der Waals surface area contributed by atoms with E-state index >= 15 is 0 Å². The highest BCUT2D eigenvalue weighted by Gasteiger charge is 2.28. The van der Waals surface area contributed by atoms with Crippen molar-refractivity contribution in [3.05, 3.63) is 60.9 Å². The van der Waals surface area contributed by atoms with Gasteiger partial charge in [0, 0.05) is 31.6 Å². The first-order chi connectivity index (χ1) is 19.5. The average molecular weight is 539 g/mol. The van der Waals surface area contributed by atoms with Crippen LogP contribution in [0.5, 0.6) is 11.5 Å². The Morgan fingerprint density at radius 3 is 2.65 bits per heavy atom. The van der Waals surface area contributed by atoms with Gasteiger partial charge in [0.1, 0.15) is 35.8 Å². The van der Waals surface area contributed by atoms with Crippen LogP contribution in [0.1, 0.15) is 38.1 Å². The van der Waals surface area contributed by atoms with E-state index in [1.165, 1.54) is 6.33 Å².